The van der Waals surface area contributed by atoms with Crippen LogP contribution in [0.15, 0.2) is 29.6 Å². The number of aromatic nitrogens is 4. The Morgan fingerprint density at radius 3 is 2.32 bits per heavy atom. The van der Waals surface area contributed by atoms with E-state index in [4.69, 9.17) is 0 Å². The molecule has 6 nitrogen and oxygen atoms in total. The topological polar surface area (TPSA) is 80.8 Å². The molecule has 2 rings (SSSR count). The fraction of sp³-hybridized carbons (Fsp3) is 0.273. The van der Waals surface area contributed by atoms with Gasteiger partial charge in [-0.15, -0.1) is 0 Å². The lowest BCUT2D eigenvalue weighted by Crippen LogP contribution is -2.03. The highest BCUT2D eigenvalue weighted by Gasteiger charge is 2.04. The first-order valence-electron chi connectivity index (χ1n) is 5.22. The number of ether oxygens (including phenoxy) is 1. The molecule has 0 aliphatic carbocycles. The van der Waals surface area contributed by atoms with Gasteiger partial charge in [-0.3, -0.25) is 4.79 Å². The number of aromatic amines is 1. The van der Waals surface area contributed by atoms with E-state index in [1.54, 1.807) is 13.8 Å². The summed E-state index contributed by atoms with van der Waals surface area (Å²) >= 11 is 0. The Morgan fingerprint density at radius 1 is 1.16 bits per heavy atom. The van der Waals surface area contributed by atoms with Crippen LogP contribution in [0.25, 0.3) is 0 Å². The Bertz CT molecular complexity index is 574. The number of nitrogens with zero attached hydrogens (tertiary/aromatic N) is 3. The first kappa shape index (κ1) is 14.7. The van der Waals surface area contributed by atoms with E-state index in [-0.39, 0.29) is 11.4 Å². The van der Waals surface area contributed by atoms with Gasteiger partial charge in [-0.25, -0.2) is 15.0 Å². The molecule has 0 aliphatic rings. The number of hydrogen-bond donors (Lipinski definition) is 1. The molecule has 0 spiro atoms. The zero-order valence-electron chi connectivity index (χ0n) is 10.3. The van der Waals surface area contributed by atoms with Crippen LogP contribution in [0.1, 0.15) is 11.4 Å². The van der Waals surface area contributed by atoms with Crippen molar-refractivity contribution in [3.8, 4) is 5.88 Å². The van der Waals surface area contributed by atoms with Crippen molar-refractivity contribution in [2.45, 2.75) is 20.5 Å². The molecule has 19 heavy (non-hydrogen) atoms. The summed E-state index contributed by atoms with van der Waals surface area (Å²) in [5.74, 6) is -0.104. The van der Waals surface area contributed by atoms with Crippen LogP contribution in [0.4, 0.5) is 8.78 Å². The van der Waals surface area contributed by atoms with Crippen molar-refractivity contribution in [2.75, 3.05) is 0 Å². The maximum Gasteiger partial charge on any atom is 0.388 e. The van der Waals surface area contributed by atoms with Gasteiger partial charge in [0.1, 0.15) is 6.33 Å². The lowest BCUT2D eigenvalue weighted by atomic mass is 10.4. The molecule has 0 atom stereocenters. The molecule has 0 unspecified atom stereocenters. The summed E-state index contributed by atoms with van der Waals surface area (Å²) in [6.07, 6.45) is 2.56. The highest BCUT2D eigenvalue weighted by atomic mass is 19.3. The summed E-state index contributed by atoms with van der Waals surface area (Å²) in [4.78, 5) is 23.8. The second kappa shape index (κ2) is 7.14. The second-order valence-corrected chi connectivity index (χ2v) is 3.43. The fourth-order valence-corrected chi connectivity index (χ4v) is 1.05. The van der Waals surface area contributed by atoms with E-state index < -0.39 is 6.61 Å². The molecule has 8 heteroatoms. The molecule has 2 heterocycles. The van der Waals surface area contributed by atoms with Crippen LogP contribution in [0, 0.1) is 13.8 Å². The summed E-state index contributed by atoms with van der Waals surface area (Å²) in [7, 11) is 0. The first-order chi connectivity index (χ1) is 8.97. The zero-order valence-corrected chi connectivity index (χ0v) is 10.3. The third kappa shape index (κ3) is 6.20. The summed E-state index contributed by atoms with van der Waals surface area (Å²) in [5.41, 5.74) is 1.24. The van der Waals surface area contributed by atoms with Gasteiger partial charge >= 0.3 is 6.61 Å². The average molecular weight is 270 g/mol. The molecular formula is C11H12F2N4O2. The van der Waals surface area contributed by atoms with E-state index >= 15 is 0 Å². The van der Waals surface area contributed by atoms with Crippen LogP contribution >= 0.6 is 0 Å². The van der Waals surface area contributed by atoms with Crippen LogP contribution in [0.2, 0.25) is 0 Å². The van der Waals surface area contributed by atoms with E-state index in [9.17, 15) is 13.6 Å². The number of H-pyrrole nitrogens is 1. The summed E-state index contributed by atoms with van der Waals surface area (Å²) in [6, 6.07) is 2.78. The van der Waals surface area contributed by atoms with Crippen LogP contribution in [0.3, 0.4) is 0 Å². The number of nitrogens with one attached hydrogen (secondary N) is 1. The number of alkyl halides is 2. The van der Waals surface area contributed by atoms with Crippen molar-refractivity contribution in [1.82, 2.24) is 19.9 Å². The molecule has 2 aromatic rings. The van der Waals surface area contributed by atoms with Gasteiger partial charge in [-0.1, -0.05) is 0 Å². The fourth-order valence-electron chi connectivity index (χ4n) is 1.05. The van der Waals surface area contributed by atoms with E-state index in [1.165, 1.54) is 24.8 Å². The van der Waals surface area contributed by atoms with Gasteiger partial charge in [-0.05, 0) is 13.8 Å². The molecule has 0 bridgehead atoms. The van der Waals surface area contributed by atoms with Crippen molar-refractivity contribution in [1.29, 1.82) is 0 Å². The van der Waals surface area contributed by atoms with E-state index in [1.807, 2.05) is 0 Å². The molecule has 0 fully saturated rings. The maximum atomic E-state index is 11.6. The van der Waals surface area contributed by atoms with Crippen molar-refractivity contribution in [3.05, 3.63) is 46.5 Å². The van der Waals surface area contributed by atoms with E-state index in [0.29, 0.717) is 5.69 Å². The molecular weight excluding hydrogens is 258 g/mol. The summed E-state index contributed by atoms with van der Waals surface area (Å²) < 4.78 is 27.1. The monoisotopic (exact) mass is 270 g/mol. The number of rotatable bonds is 2. The van der Waals surface area contributed by atoms with Gasteiger partial charge in [-0.2, -0.15) is 8.78 Å². The molecule has 102 valence electrons. The highest BCUT2D eigenvalue weighted by molar-refractivity contribution is 5.11. The van der Waals surface area contributed by atoms with E-state index in [0.717, 1.165) is 5.69 Å². The Balaban J connectivity index is 0.000000200. The Kier molecular flexibility index (Phi) is 5.52. The van der Waals surface area contributed by atoms with Gasteiger partial charge in [0.2, 0.25) is 5.88 Å². The van der Waals surface area contributed by atoms with Crippen LogP contribution in [-0.4, -0.2) is 26.5 Å². The predicted octanol–water partition coefficient (Wildman–Crippen LogP) is 1.46. The molecule has 0 aliphatic heterocycles. The van der Waals surface area contributed by atoms with Crippen molar-refractivity contribution < 1.29 is 13.5 Å². The van der Waals surface area contributed by atoms with E-state index in [2.05, 4.69) is 24.7 Å². The predicted molar refractivity (Wildman–Crippen MR) is 63.0 cm³/mol. The molecule has 0 saturated carbocycles. The minimum atomic E-state index is -2.83. The standard InChI is InChI=1S/C6H6F2N2O.C5H6N2O/c1-4-2-5(10-3-9-4)11-6(7)8;1-4-2-5(8)7-3-6-4/h2-3,6H,1H3;2-3H,1H3,(H,6,7,8). The van der Waals surface area contributed by atoms with Gasteiger partial charge in [0.05, 0.1) is 6.33 Å². The molecule has 0 radical (unpaired) electrons. The van der Waals surface area contributed by atoms with Crippen LogP contribution in [-0.2, 0) is 0 Å². The lowest BCUT2D eigenvalue weighted by molar-refractivity contribution is -0.0529. The first-order valence-corrected chi connectivity index (χ1v) is 5.22. The third-order valence-electron chi connectivity index (χ3n) is 1.80. The van der Waals surface area contributed by atoms with Gasteiger partial charge in [0, 0.05) is 23.5 Å². The van der Waals surface area contributed by atoms with Crippen molar-refractivity contribution in [3.63, 3.8) is 0 Å². The molecule has 1 N–H and O–H groups in total. The molecule has 0 aromatic carbocycles. The van der Waals surface area contributed by atoms with Gasteiger partial charge in [0.25, 0.3) is 5.56 Å². The molecule has 0 amide bonds. The SMILES string of the molecule is Cc1cc(=O)[nH]cn1.Cc1cc(OC(F)F)ncn1. The normalized spacial score (nSPS) is 9.74. The number of halogens is 2. The van der Waals surface area contributed by atoms with Gasteiger partial charge in [0.15, 0.2) is 0 Å². The molecule has 2 aromatic heterocycles. The lowest BCUT2D eigenvalue weighted by Gasteiger charge is -2.01. The summed E-state index contributed by atoms with van der Waals surface area (Å²) in [5, 5.41) is 0. The van der Waals surface area contributed by atoms with Gasteiger partial charge < -0.3 is 9.72 Å². The third-order valence-corrected chi connectivity index (χ3v) is 1.80. The Labute approximate surface area is 107 Å². The quantitative estimate of drug-likeness (QED) is 0.893. The number of hydrogen-bond acceptors (Lipinski definition) is 5. The largest absolute Gasteiger partial charge is 0.417 e. The smallest absolute Gasteiger partial charge is 0.388 e. The van der Waals surface area contributed by atoms with Crippen molar-refractivity contribution in [2.24, 2.45) is 0 Å². The Hall–Kier alpha value is -2.38. The maximum absolute atomic E-state index is 11.6. The second-order valence-electron chi connectivity index (χ2n) is 3.43. The molecule has 0 saturated heterocycles. The van der Waals surface area contributed by atoms with Crippen molar-refractivity contribution >= 4 is 0 Å². The summed E-state index contributed by atoms with van der Waals surface area (Å²) in [6.45, 7) is 0.610. The minimum absolute atomic E-state index is 0.0995. The Morgan fingerprint density at radius 2 is 1.84 bits per heavy atom. The highest BCUT2D eigenvalue weighted by Crippen LogP contribution is 2.08. The number of aryl methyl sites for hydroxylation is 2. The van der Waals surface area contributed by atoms with Crippen LogP contribution < -0.4 is 10.3 Å². The zero-order chi connectivity index (χ0) is 14.3. The minimum Gasteiger partial charge on any atom is -0.417 e. The van der Waals surface area contributed by atoms with Crippen LogP contribution in [0.5, 0.6) is 5.88 Å². The average Bonchev–Trinajstić information content (AvgIpc) is 2.28.